The van der Waals surface area contributed by atoms with E-state index in [0.29, 0.717) is 17.8 Å². The van der Waals surface area contributed by atoms with E-state index in [1.54, 1.807) is 12.1 Å². The molecule has 4 N–H and O–H groups in total. The average Bonchev–Trinajstić information content (AvgIpc) is 2.50. The number of oxime groups is 1. The Kier molecular flexibility index (Phi) is 4.88. The van der Waals surface area contributed by atoms with Crippen LogP contribution in [0.4, 0.5) is 10.1 Å². The van der Waals surface area contributed by atoms with Gasteiger partial charge in [0, 0.05) is 17.8 Å². The Morgan fingerprint density at radius 3 is 2.29 bits per heavy atom. The zero-order chi connectivity index (χ0) is 15.4. The van der Waals surface area contributed by atoms with E-state index in [2.05, 4.69) is 10.5 Å². The van der Waals surface area contributed by atoms with E-state index >= 15 is 0 Å². The van der Waals surface area contributed by atoms with Crippen LogP contribution in [0.1, 0.15) is 11.1 Å². The molecule has 0 unspecified atom stereocenters. The van der Waals surface area contributed by atoms with Crippen molar-refractivity contribution in [3.05, 3.63) is 63.4 Å². The van der Waals surface area contributed by atoms with Crippen LogP contribution in [0, 0.1) is 5.82 Å². The molecule has 21 heavy (non-hydrogen) atoms. The van der Waals surface area contributed by atoms with E-state index < -0.39 is 5.82 Å². The summed E-state index contributed by atoms with van der Waals surface area (Å²) in [4.78, 5) is 0. The molecule has 0 saturated heterocycles. The molecular formula is C14H12Cl2FN3O. The zero-order valence-corrected chi connectivity index (χ0v) is 12.3. The molecule has 0 bridgehead atoms. The quantitative estimate of drug-likeness (QED) is 0.263. The molecule has 0 fully saturated rings. The molecule has 0 atom stereocenters. The van der Waals surface area contributed by atoms with Crippen LogP contribution < -0.4 is 11.1 Å². The normalized spacial score (nSPS) is 11.5. The molecule has 4 nitrogen and oxygen atoms in total. The number of nitrogens with one attached hydrogen (secondary N) is 1. The summed E-state index contributed by atoms with van der Waals surface area (Å²) in [6, 6.07) is 10.1. The van der Waals surface area contributed by atoms with E-state index in [0.717, 1.165) is 5.56 Å². The van der Waals surface area contributed by atoms with Gasteiger partial charge in [-0.2, -0.15) is 0 Å². The van der Waals surface area contributed by atoms with Gasteiger partial charge in [0.25, 0.3) is 0 Å². The number of hydrogen-bond acceptors (Lipinski definition) is 3. The first-order chi connectivity index (χ1) is 10.0. The van der Waals surface area contributed by atoms with Gasteiger partial charge in [-0.1, -0.05) is 52.6 Å². The highest BCUT2D eigenvalue weighted by Crippen LogP contribution is 2.27. The maximum atomic E-state index is 13.3. The molecule has 0 aliphatic heterocycles. The lowest BCUT2D eigenvalue weighted by molar-refractivity contribution is 0.318. The molecule has 0 spiro atoms. The van der Waals surface area contributed by atoms with Crippen molar-refractivity contribution in [3.63, 3.8) is 0 Å². The molecule has 2 rings (SSSR count). The first-order valence-corrected chi connectivity index (χ1v) is 6.72. The minimum absolute atomic E-state index is 0.0349. The molecule has 0 aliphatic rings. The second kappa shape index (κ2) is 6.65. The van der Waals surface area contributed by atoms with E-state index in [9.17, 15) is 4.39 Å². The molecule has 0 saturated carbocycles. The van der Waals surface area contributed by atoms with Crippen molar-refractivity contribution >= 4 is 34.7 Å². The number of halogens is 3. The second-order valence-corrected chi connectivity index (χ2v) is 5.10. The molecule has 0 aliphatic carbocycles. The fourth-order valence-electron chi connectivity index (χ4n) is 1.71. The molecule has 0 heterocycles. The van der Waals surface area contributed by atoms with E-state index in [4.69, 9.17) is 34.1 Å². The van der Waals surface area contributed by atoms with Gasteiger partial charge in [0.15, 0.2) is 11.7 Å². The standard InChI is InChI=1S/C14H12Cl2FN3O/c15-11-5-10(6-12(16)13(11)17)19-7-8-1-3-9(4-2-8)14(18)20-21/h1-6,19,21H,7H2,(H2,18,20). The Morgan fingerprint density at radius 1 is 1.19 bits per heavy atom. The largest absolute Gasteiger partial charge is 0.409 e. The Bertz CT molecular complexity index is 651. The number of nitrogens with zero attached hydrogens (tertiary/aromatic N) is 1. The van der Waals surface area contributed by atoms with Crippen molar-refractivity contribution in [3.8, 4) is 0 Å². The summed E-state index contributed by atoms with van der Waals surface area (Å²) in [7, 11) is 0. The molecule has 2 aromatic rings. The molecule has 7 heteroatoms. The highest BCUT2D eigenvalue weighted by molar-refractivity contribution is 6.35. The second-order valence-electron chi connectivity index (χ2n) is 4.29. The number of rotatable bonds is 4. The fraction of sp³-hybridized carbons (Fsp3) is 0.0714. The van der Waals surface area contributed by atoms with Crippen molar-refractivity contribution in [2.75, 3.05) is 5.32 Å². The van der Waals surface area contributed by atoms with Crippen LogP contribution in [0.25, 0.3) is 0 Å². The first kappa shape index (κ1) is 15.4. The number of anilines is 1. The van der Waals surface area contributed by atoms with Gasteiger partial charge in [-0.3, -0.25) is 0 Å². The van der Waals surface area contributed by atoms with Crippen LogP contribution in [0.3, 0.4) is 0 Å². The summed E-state index contributed by atoms with van der Waals surface area (Å²) in [6.07, 6.45) is 0. The highest BCUT2D eigenvalue weighted by Gasteiger charge is 2.07. The molecule has 2 aromatic carbocycles. The van der Waals surface area contributed by atoms with E-state index in [-0.39, 0.29) is 15.9 Å². The summed E-state index contributed by atoms with van der Waals surface area (Å²) in [6.45, 7) is 0.495. The fourth-order valence-corrected chi connectivity index (χ4v) is 2.20. The van der Waals surface area contributed by atoms with Gasteiger partial charge in [0.1, 0.15) is 0 Å². The molecule has 0 amide bonds. The van der Waals surface area contributed by atoms with Crippen LogP contribution >= 0.6 is 23.2 Å². The lowest BCUT2D eigenvalue weighted by Crippen LogP contribution is -2.13. The number of hydrogen-bond donors (Lipinski definition) is 3. The number of nitrogens with two attached hydrogens (primary N) is 1. The predicted octanol–water partition coefficient (Wildman–Crippen LogP) is 3.84. The smallest absolute Gasteiger partial charge is 0.170 e. The Hall–Kier alpha value is -1.98. The van der Waals surface area contributed by atoms with Crippen LogP contribution in [0.5, 0.6) is 0 Å². The first-order valence-electron chi connectivity index (χ1n) is 5.96. The summed E-state index contributed by atoms with van der Waals surface area (Å²) in [5.74, 6) is -0.585. The van der Waals surface area contributed by atoms with Crippen molar-refractivity contribution < 1.29 is 9.60 Å². The predicted molar refractivity (Wildman–Crippen MR) is 82.7 cm³/mol. The van der Waals surface area contributed by atoms with Gasteiger partial charge in [0.05, 0.1) is 10.0 Å². The topological polar surface area (TPSA) is 70.6 Å². The monoisotopic (exact) mass is 327 g/mol. The highest BCUT2D eigenvalue weighted by atomic mass is 35.5. The molecule has 0 aromatic heterocycles. The maximum Gasteiger partial charge on any atom is 0.170 e. The van der Waals surface area contributed by atoms with E-state index in [1.165, 1.54) is 12.1 Å². The maximum absolute atomic E-state index is 13.3. The number of amidine groups is 1. The van der Waals surface area contributed by atoms with Crippen molar-refractivity contribution in [2.45, 2.75) is 6.54 Å². The van der Waals surface area contributed by atoms with Crippen LogP contribution in [-0.2, 0) is 6.54 Å². The van der Waals surface area contributed by atoms with Gasteiger partial charge in [-0.25, -0.2) is 4.39 Å². The zero-order valence-electron chi connectivity index (χ0n) is 10.8. The van der Waals surface area contributed by atoms with Crippen LogP contribution in [0.15, 0.2) is 41.6 Å². The molecule has 0 radical (unpaired) electrons. The lowest BCUT2D eigenvalue weighted by atomic mass is 10.1. The Morgan fingerprint density at radius 2 is 1.76 bits per heavy atom. The molecular weight excluding hydrogens is 316 g/mol. The summed E-state index contributed by atoms with van der Waals surface area (Å²) in [5, 5.41) is 14.5. The van der Waals surface area contributed by atoms with Crippen LogP contribution in [0.2, 0.25) is 10.0 Å². The van der Waals surface area contributed by atoms with Gasteiger partial charge >= 0.3 is 0 Å². The number of benzene rings is 2. The molecule has 110 valence electrons. The minimum atomic E-state index is -0.632. The van der Waals surface area contributed by atoms with Gasteiger partial charge in [-0.05, 0) is 17.7 Å². The third-order valence-electron chi connectivity index (χ3n) is 2.84. The third-order valence-corrected chi connectivity index (χ3v) is 3.39. The van der Waals surface area contributed by atoms with Crippen LogP contribution in [-0.4, -0.2) is 11.0 Å². The van der Waals surface area contributed by atoms with Gasteiger partial charge in [0.2, 0.25) is 0 Å². The lowest BCUT2D eigenvalue weighted by Gasteiger charge is -2.09. The SMILES string of the molecule is N/C(=N/O)c1ccc(CNc2cc(Cl)c(F)c(Cl)c2)cc1. The third kappa shape index (κ3) is 3.77. The summed E-state index contributed by atoms with van der Waals surface area (Å²) >= 11 is 11.4. The Balaban J connectivity index is 2.06. The average molecular weight is 328 g/mol. The van der Waals surface area contributed by atoms with E-state index in [1.807, 2.05) is 12.1 Å². The summed E-state index contributed by atoms with van der Waals surface area (Å²) in [5.41, 5.74) is 7.67. The van der Waals surface area contributed by atoms with Crippen molar-refractivity contribution in [2.24, 2.45) is 10.9 Å². The Labute approximate surface area is 131 Å². The van der Waals surface area contributed by atoms with Gasteiger partial charge < -0.3 is 16.3 Å². The van der Waals surface area contributed by atoms with Crippen molar-refractivity contribution in [1.82, 2.24) is 0 Å². The van der Waals surface area contributed by atoms with Gasteiger partial charge in [-0.15, -0.1) is 0 Å². The van der Waals surface area contributed by atoms with Crippen molar-refractivity contribution in [1.29, 1.82) is 0 Å². The minimum Gasteiger partial charge on any atom is -0.409 e. The summed E-state index contributed by atoms with van der Waals surface area (Å²) < 4.78 is 13.3.